The smallest absolute Gasteiger partial charge is 0.356 e. The van der Waals surface area contributed by atoms with Crippen molar-refractivity contribution >= 4 is 29.3 Å². The quantitative estimate of drug-likeness (QED) is 0.804. The van der Waals surface area contributed by atoms with Crippen molar-refractivity contribution in [3.8, 4) is 0 Å². The third kappa shape index (κ3) is 4.16. The average Bonchev–Trinajstić information content (AvgIpc) is 2.64. The molecule has 27 heavy (non-hydrogen) atoms. The van der Waals surface area contributed by atoms with Crippen LogP contribution in [0.2, 0.25) is 0 Å². The van der Waals surface area contributed by atoms with E-state index in [2.05, 4.69) is 5.32 Å². The van der Waals surface area contributed by atoms with Crippen LogP contribution in [0.15, 0.2) is 64.4 Å². The zero-order valence-corrected chi connectivity index (χ0v) is 15.0. The number of nitrogens with zero attached hydrogens (tertiary/aromatic N) is 1. The number of hydrogen-bond acceptors (Lipinski definition) is 3. The van der Waals surface area contributed by atoms with Gasteiger partial charge in [0.05, 0.1) is 22.7 Å². The van der Waals surface area contributed by atoms with Crippen LogP contribution in [0.4, 0.5) is 18.9 Å². The molecular formula is C19H15F3N2O2S. The molecule has 0 spiro atoms. The minimum Gasteiger partial charge on any atom is -0.356 e. The molecule has 1 heterocycles. The van der Waals surface area contributed by atoms with E-state index in [9.17, 15) is 22.8 Å². The van der Waals surface area contributed by atoms with Gasteiger partial charge in [0.1, 0.15) is 0 Å². The molecular weight excluding hydrogens is 377 g/mol. The first-order valence-corrected chi connectivity index (χ1v) is 8.79. The molecule has 0 radical (unpaired) electrons. The van der Waals surface area contributed by atoms with E-state index >= 15 is 0 Å². The third-order valence-corrected chi connectivity index (χ3v) is 5.01. The Bertz CT molecular complexity index is 925. The summed E-state index contributed by atoms with van der Waals surface area (Å²) in [5.41, 5.74) is 0.173. The summed E-state index contributed by atoms with van der Waals surface area (Å²) in [7, 11) is 1.45. The maximum atomic E-state index is 13.0. The first kappa shape index (κ1) is 19.0. The van der Waals surface area contributed by atoms with E-state index < -0.39 is 23.6 Å². The van der Waals surface area contributed by atoms with Gasteiger partial charge in [-0.2, -0.15) is 13.2 Å². The van der Waals surface area contributed by atoms with Gasteiger partial charge in [0.2, 0.25) is 5.91 Å². The van der Waals surface area contributed by atoms with Crippen molar-refractivity contribution in [2.24, 2.45) is 0 Å². The van der Waals surface area contributed by atoms with Crippen LogP contribution in [0, 0.1) is 0 Å². The van der Waals surface area contributed by atoms with Crippen LogP contribution < -0.4 is 10.2 Å². The molecule has 8 heteroatoms. The number of carbonyl (C=O) groups excluding carboxylic acids is 2. The molecule has 1 aliphatic heterocycles. The van der Waals surface area contributed by atoms with Gasteiger partial charge in [-0.1, -0.05) is 36.0 Å². The Kier molecular flexibility index (Phi) is 5.27. The molecule has 2 amide bonds. The number of para-hydroxylation sites is 1. The summed E-state index contributed by atoms with van der Waals surface area (Å²) < 4.78 is 38.9. The second kappa shape index (κ2) is 7.48. The number of nitrogens with one attached hydrogen (secondary N) is 1. The zero-order valence-electron chi connectivity index (χ0n) is 14.2. The third-order valence-electron chi connectivity index (χ3n) is 3.94. The lowest BCUT2D eigenvalue weighted by atomic mass is 10.1. The van der Waals surface area contributed by atoms with Gasteiger partial charge in [0.25, 0.3) is 5.91 Å². The first-order valence-electron chi connectivity index (χ1n) is 7.98. The van der Waals surface area contributed by atoms with Crippen LogP contribution in [-0.2, 0) is 22.3 Å². The summed E-state index contributed by atoms with van der Waals surface area (Å²) in [6.07, 6.45) is -3.26. The molecule has 1 aliphatic rings. The maximum Gasteiger partial charge on any atom is 0.416 e. The topological polar surface area (TPSA) is 49.4 Å². The van der Waals surface area contributed by atoms with Crippen LogP contribution in [0.5, 0.6) is 0 Å². The van der Waals surface area contributed by atoms with Gasteiger partial charge >= 0.3 is 6.18 Å². The van der Waals surface area contributed by atoms with E-state index in [1.165, 1.54) is 30.2 Å². The minimum absolute atomic E-state index is 0.0363. The van der Waals surface area contributed by atoms with E-state index in [1.807, 2.05) is 0 Å². The standard InChI is InChI=1S/C19H15F3N2O2S/c1-23-17(25)10-16-18(26)24(14-7-2-3-8-15(14)27-16)11-12-5-4-6-13(9-12)19(20,21)22/h2-10H,11H2,1H3,(H,23,25)/b16-10+. The maximum absolute atomic E-state index is 13.0. The Hall–Kier alpha value is -2.74. The monoisotopic (exact) mass is 392 g/mol. The van der Waals surface area contributed by atoms with Crippen LogP contribution in [0.3, 0.4) is 0 Å². The van der Waals surface area contributed by atoms with Crippen molar-refractivity contribution in [2.45, 2.75) is 17.6 Å². The molecule has 2 aromatic rings. The van der Waals surface area contributed by atoms with Gasteiger partial charge < -0.3 is 10.2 Å². The molecule has 0 aromatic heterocycles. The number of anilines is 1. The number of thioether (sulfide) groups is 1. The van der Waals surface area contributed by atoms with E-state index in [4.69, 9.17) is 0 Å². The molecule has 0 atom stereocenters. The Morgan fingerprint density at radius 3 is 2.63 bits per heavy atom. The average molecular weight is 392 g/mol. The van der Waals surface area contributed by atoms with Crippen molar-refractivity contribution in [1.82, 2.24) is 5.32 Å². The lowest BCUT2D eigenvalue weighted by molar-refractivity contribution is -0.137. The molecule has 4 nitrogen and oxygen atoms in total. The number of carbonyl (C=O) groups is 2. The number of amides is 2. The highest BCUT2D eigenvalue weighted by Gasteiger charge is 2.32. The molecule has 0 unspecified atom stereocenters. The Labute approximate surface area is 158 Å². The number of alkyl halides is 3. The number of benzene rings is 2. The molecule has 140 valence electrons. The molecule has 3 rings (SSSR count). The van der Waals surface area contributed by atoms with E-state index in [0.717, 1.165) is 28.8 Å². The fourth-order valence-corrected chi connectivity index (χ4v) is 3.67. The van der Waals surface area contributed by atoms with Crippen LogP contribution in [0.25, 0.3) is 0 Å². The second-order valence-corrected chi connectivity index (χ2v) is 6.87. The van der Waals surface area contributed by atoms with Crippen molar-refractivity contribution in [2.75, 3.05) is 11.9 Å². The number of fused-ring (bicyclic) bond motifs is 1. The fourth-order valence-electron chi connectivity index (χ4n) is 2.64. The number of likely N-dealkylation sites (N-methyl/N-ethyl adjacent to an activating group) is 1. The van der Waals surface area contributed by atoms with Gasteiger partial charge in [-0.3, -0.25) is 9.59 Å². The summed E-state index contributed by atoms with van der Waals surface area (Å²) in [4.78, 5) is 26.9. The lowest BCUT2D eigenvalue weighted by Crippen LogP contribution is -2.34. The predicted molar refractivity (Wildman–Crippen MR) is 97.1 cm³/mol. The Morgan fingerprint density at radius 1 is 1.19 bits per heavy atom. The highest BCUT2D eigenvalue weighted by molar-refractivity contribution is 8.04. The van der Waals surface area contributed by atoms with E-state index in [0.29, 0.717) is 11.3 Å². The van der Waals surface area contributed by atoms with Crippen LogP contribution in [0.1, 0.15) is 11.1 Å². The van der Waals surface area contributed by atoms with Gasteiger partial charge in [0.15, 0.2) is 0 Å². The van der Waals surface area contributed by atoms with Crippen LogP contribution in [-0.4, -0.2) is 18.9 Å². The highest BCUT2D eigenvalue weighted by atomic mass is 32.2. The van der Waals surface area contributed by atoms with E-state index in [1.54, 1.807) is 24.3 Å². The van der Waals surface area contributed by atoms with E-state index in [-0.39, 0.29) is 11.4 Å². The first-order chi connectivity index (χ1) is 12.8. The normalized spacial score (nSPS) is 15.6. The van der Waals surface area contributed by atoms with Crippen molar-refractivity contribution < 1.29 is 22.8 Å². The summed E-state index contributed by atoms with van der Waals surface area (Å²) in [5, 5.41) is 2.42. The van der Waals surface area contributed by atoms with Crippen LogP contribution >= 0.6 is 11.8 Å². The minimum atomic E-state index is -4.46. The van der Waals surface area contributed by atoms with Gasteiger partial charge in [-0.25, -0.2) is 0 Å². The summed E-state index contributed by atoms with van der Waals surface area (Å²) in [5.74, 6) is -0.857. The van der Waals surface area contributed by atoms with Crippen molar-refractivity contribution in [3.05, 3.63) is 70.6 Å². The number of rotatable bonds is 3. The molecule has 0 saturated carbocycles. The molecule has 1 N–H and O–H groups in total. The predicted octanol–water partition coefficient (Wildman–Crippen LogP) is 3.97. The molecule has 2 aromatic carbocycles. The Balaban J connectivity index is 1.99. The molecule has 0 saturated heterocycles. The number of hydrogen-bond donors (Lipinski definition) is 1. The SMILES string of the molecule is CNC(=O)/C=C1/Sc2ccccc2N(Cc2cccc(C(F)(F)F)c2)C1=O. The summed E-state index contributed by atoms with van der Waals surface area (Å²) in [6.45, 7) is -0.0363. The fraction of sp³-hybridized carbons (Fsp3) is 0.158. The second-order valence-electron chi connectivity index (χ2n) is 5.78. The Morgan fingerprint density at radius 2 is 1.93 bits per heavy atom. The van der Waals surface area contributed by atoms with Crippen molar-refractivity contribution in [1.29, 1.82) is 0 Å². The zero-order chi connectivity index (χ0) is 19.6. The lowest BCUT2D eigenvalue weighted by Gasteiger charge is -2.30. The molecule has 0 bridgehead atoms. The van der Waals surface area contributed by atoms with Gasteiger partial charge in [0, 0.05) is 18.0 Å². The van der Waals surface area contributed by atoms with Gasteiger partial charge in [-0.15, -0.1) is 0 Å². The largest absolute Gasteiger partial charge is 0.416 e. The summed E-state index contributed by atoms with van der Waals surface area (Å²) in [6, 6.07) is 11.9. The van der Waals surface area contributed by atoms with Crippen molar-refractivity contribution in [3.63, 3.8) is 0 Å². The summed E-state index contributed by atoms with van der Waals surface area (Å²) >= 11 is 1.16. The molecule has 0 aliphatic carbocycles. The number of halogens is 3. The molecule has 0 fully saturated rings. The van der Waals surface area contributed by atoms with Gasteiger partial charge in [-0.05, 0) is 29.8 Å². The highest BCUT2D eigenvalue weighted by Crippen LogP contribution is 2.42.